The summed E-state index contributed by atoms with van der Waals surface area (Å²) in [6.07, 6.45) is 4.41. The number of aromatic amines is 1. The van der Waals surface area contributed by atoms with E-state index in [4.69, 9.17) is 0 Å². The minimum absolute atomic E-state index is 0.266. The molecule has 2 N–H and O–H groups in total. The number of benzene rings is 1. The van der Waals surface area contributed by atoms with Gasteiger partial charge in [-0.25, -0.2) is 4.98 Å². The van der Waals surface area contributed by atoms with Crippen LogP contribution in [0.2, 0.25) is 0 Å². The molecule has 2 aromatic rings. The molecule has 17 heavy (non-hydrogen) atoms. The van der Waals surface area contributed by atoms with Crippen molar-refractivity contribution in [1.82, 2.24) is 15.3 Å². The van der Waals surface area contributed by atoms with Crippen LogP contribution in [0.3, 0.4) is 0 Å². The van der Waals surface area contributed by atoms with Crippen LogP contribution >= 0.6 is 0 Å². The third kappa shape index (κ3) is 1.87. The second-order valence-electron chi connectivity index (χ2n) is 4.82. The molecule has 3 nitrogen and oxygen atoms in total. The summed E-state index contributed by atoms with van der Waals surface area (Å²) in [5, 5.41) is 3.26. The van der Waals surface area contributed by atoms with E-state index in [9.17, 15) is 0 Å². The van der Waals surface area contributed by atoms with Gasteiger partial charge in [-0.3, -0.25) is 0 Å². The lowest BCUT2D eigenvalue weighted by Crippen LogP contribution is -2.24. The fourth-order valence-electron chi connectivity index (χ4n) is 2.34. The first-order valence-electron chi connectivity index (χ1n) is 6.10. The van der Waals surface area contributed by atoms with Crippen molar-refractivity contribution in [2.75, 3.05) is 13.6 Å². The number of likely N-dealkylation sites (N-methyl/N-ethyl adjacent to an activating group) is 1. The van der Waals surface area contributed by atoms with Crippen LogP contribution in [-0.2, 0) is 5.41 Å². The minimum atomic E-state index is 0.266. The van der Waals surface area contributed by atoms with Crippen LogP contribution in [-0.4, -0.2) is 23.6 Å². The monoisotopic (exact) mass is 227 g/mol. The van der Waals surface area contributed by atoms with E-state index < -0.39 is 0 Å². The summed E-state index contributed by atoms with van der Waals surface area (Å²) in [7, 11) is 2.00. The van der Waals surface area contributed by atoms with Crippen LogP contribution in [0.1, 0.15) is 18.7 Å². The molecule has 1 fully saturated rings. The maximum Gasteiger partial charge on any atom is 0.114 e. The van der Waals surface area contributed by atoms with Crippen molar-refractivity contribution in [1.29, 1.82) is 0 Å². The van der Waals surface area contributed by atoms with Crippen molar-refractivity contribution in [3.8, 4) is 11.3 Å². The molecule has 1 heterocycles. The molecule has 3 rings (SSSR count). The van der Waals surface area contributed by atoms with Crippen LogP contribution in [0.15, 0.2) is 36.5 Å². The summed E-state index contributed by atoms with van der Waals surface area (Å²) >= 11 is 0. The highest BCUT2D eigenvalue weighted by Gasteiger charge is 2.46. The number of rotatable bonds is 4. The zero-order valence-corrected chi connectivity index (χ0v) is 10.0. The predicted molar refractivity (Wildman–Crippen MR) is 68.9 cm³/mol. The Labute approximate surface area is 101 Å². The molecule has 1 saturated carbocycles. The molecule has 0 bridgehead atoms. The van der Waals surface area contributed by atoms with E-state index in [0.29, 0.717) is 0 Å². The molecule has 0 unspecified atom stereocenters. The maximum atomic E-state index is 4.55. The van der Waals surface area contributed by atoms with Gasteiger partial charge in [0.25, 0.3) is 0 Å². The average molecular weight is 227 g/mol. The van der Waals surface area contributed by atoms with Crippen LogP contribution in [0, 0.1) is 0 Å². The number of imidazole rings is 1. The second-order valence-corrected chi connectivity index (χ2v) is 4.82. The quantitative estimate of drug-likeness (QED) is 0.841. The van der Waals surface area contributed by atoms with E-state index in [1.807, 2.05) is 19.3 Å². The number of hydrogen-bond acceptors (Lipinski definition) is 2. The van der Waals surface area contributed by atoms with Crippen LogP contribution in [0.5, 0.6) is 0 Å². The van der Waals surface area contributed by atoms with Gasteiger partial charge in [0, 0.05) is 12.0 Å². The Kier molecular flexibility index (Phi) is 2.48. The molecular weight excluding hydrogens is 210 g/mol. The van der Waals surface area contributed by atoms with E-state index in [1.165, 1.54) is 18.4 Å². The van der Waals surface area contributed by atoms with Gasteiger partial charge in [0.05, 0.1) is 11.9 Å². The smallest absolute Gasteiger partial charge is 0.114 e. The van der Waals surface area contributed by atoms with Gasteiger partial charge >= 0.3 is 0 Å². The second kappa shape index (κ2) is 4.00. The zero-order valence-electron chi connectivity index (χ0n) is 10.0. The Bertz CT molecular complexity index is 497. The van der Waals surface area contributed by atoms with E-state index in [-0.39, 0.29) is 5.41 Å². The van der Waals surface area contributed by atoms with E-state index in [2.05, 4.69) is 39.6 Å². The van der Waals surface area contributed by atoms with Crippen molar-refractivity contribution in [2.24, 2.45) is 0 Å². The number of hydrogen-bond donors (Lipinski definition) is 2. The minimum Gasteiger partial charge on any atom is -0.342 e. The Hall–Kier alpha value is -1.61. The van der Waals surface area contributed by atoms with Gasteiger partial charge in [-0.15, -0.1) is 0 Å². The number of aromatic nitrogens is 2. The molecular formula is C14H17N3. The van der Waals surface area contributed by atoms with Gasteiger partial charge in [-0.1, -0.05) is 30.3 Å². The predicted octanol–water partition coefficient (Wildman–Crippen LogP) is 2.33. The SMILES string of the molecule is CNCC1(c2ncc(-c3ccccc3)[nH]2)CC1. The highest BCUT2D eigenvalue weighted by molar-refractivity contribution is 5.58. The largest absolute Gasteiger partial charge is 0.342 e. The van der Waals surface area contributed by atoms with E-state index in [1.54, 1.807) is 0 Å². The lowest BCUT2D eigenvalue weighted by molar-refractivity contribution is 0.594. The first kappa shape index (κ1) is 10.5. The van der Waals surface area contributed by atoms with Gasteiger partial charge in [0.1, 0.15) is 5.82 Å². The van der Waals surface area contributed by atoms with Crippen molar-refractivity contribution < 1.29 is 0 Å². The van der Waals surface area contributed by atoms with Crippen LogP contribution < -0.4 is 5.32 Å². The molecule has 0 amide bonds. The third-order valence-corrected chi connectivity index (χ3v) is 3.53. The molecule has 1 aliphatic carbocycles. The number of H-pyrrole nitrogens is 1. The molecule has 0 radical (unpaired) electrons. The van der Waals surface area contributed by atoms with Gasteiger partial charge in [-0.05, 0) is 25.5 Å². The number of nitrogens with zero attached hydrogens (tertiary/aromatic N) is 1. The lowest BCUT2D eigenvalue weighted by Gasteiger charge is -2.10. The molecule has 1 aromatic heterocycles. The summed E-state index contributed by atoms with van der Waals surface area (Å²) in [5.74, 6) is 1.13. The Morgan fingerprint density at radius 2 is 2.06 bits per heavy atom. The van der Waals surface area contributed by atoms with Gasteiger partial charge < -0.3 is 10.3 Å². The zero-order chi connectivity index (χ0) is 11.7. The van der Waals surface area contributed by atoms with Crippen molar-refractivity contribution >= 4 is 0 Å². The Morgan fingerprint density at radius 1 is 1.29 bits per heavy atom. The fraction of sp³-hybridized carbons (Fsp3) is 0.357. The normalized spacial score (nSPS) is 17.0. The third-order valence-electron chi connectivity index (χ3n) is 3.53. The summed E-state index contributed by atoms with van der Waals surface area (Å²) in [4.78, 5) is 8.02. The Morgan fingerprint density at radius 3 is 2.71 bits per heavy atom. The highest BCUT2D eigenvalue weighted by Crippen LogP contribution is 2.46. The molecule has 88 valence electrons. The van der Waals surface area contributed by atoms with Gasteiger partial charge in [-0.2, -0.15) is 0 Å². The van der Waals surface area contributed by atoms with Crippen molar-refractivity contribution in [3.63, 3.8) is 0 Å². The molecule has 0 atom stereocenters. The van der Waals surface area contributed by atoms with E-state index >= 15 is 0 Å². The topological polar surface area (TPSA) is 40.7 Å². The maximum absolute atomic E-state index is 4.55. The van der Waals surface area contributed by atoms with Gasteiger partial charge in [0.15, 0.2) is 0 Å². The summed E-state index contributed by atoms with van der Waals surface area (Å²) in [6.45, 7) is 1.01. The van der Waals surface area contributed by atoms with Gasteiger partial charge in [0.2, 0.25) is 0 Å². The van der Waals surface area contributed by atoms with E-state index in [0.717, 1.165) is 18.1 Å². The Balaban J connectivity index is 1.89. The first-order valence-corrected chi connectivity index (χ1v) is 6.10. The molecule has 0 aliphatic heterocycles. The average Bonchev–Trinajstić information content (AvgIpc) is 2.98. The van der Waals surface area contributed by atoms with Crippen LogP contribution in [0.25, 0.3) is 11.3 Å². The first-order chi connectivity index (χ1) is 8.34. The summed E-state index contributed by atoms with van der Waals surface area (Å²) in [6, 6.07) is 10.3. The summed E-state index contributed by atoms with van der Waals surface area (Å²) < 4.78 is 0. The highest BCUT2D eigenvalue weighted by atomic mass is 15.0. The molecule has 3 heteroatoms. The fourth-order valence-corrected chi connectivity index (χ4v) is 2.34. The standard InChI is InChI=1S/C14H17N3/c1-15-10-14(7-8-14)13-16-9-12(17-13)11-5-3-2-4-6-11/h2-6,9,15H,7-8,10H2,1H3,(H,16,17). The van der Waals surface area contributed by atoms with Crippen LogP contribution in [0.4, 0.5) is 0 Å². The number of nitrogens with one attached hydrogen (secondary N) is 2. The summed E-state index contributed by atoms with van der Waals surface area (Å²) in [5.41, 5.74) is 2.58. The molecule has 1 aromatic carbocycles. The molecule has 0 spiro atoms. The van der Waals surface area contributed by atoms with Crippen molar-refractivity contribution in [2.45, 2.75) is 18.3 Å². The molecule has 1 aliphatic rings. The molecule has 0 saturated heterocycles. The lowest BCUT2D eigenvalue weighted by atomic mass is 10.1. The van der Waals surface area contributed by atoms with Crippen molar-refractivity contribution in [3.05, 3.63) is 42.4 Å².